The van der Waals surface area contributed by atoms with Crippen molar-refractivity contribution >= 4 is 11.5 Å². The van der Waals surface area contributed by atoms with Crippen LogP contribution in [0.4, 0.5) is 19.1 Å². The van der Waals surface area contributed by atoms with Gasteiger partial charge in [-0.2, -0.15) is 0 Å². The van der Waals surface area contributed by atoms with Gasteiger partial charge in [0.05, 0.1) is 36.3 Å². The Labute approximate surface area is 164 Å². The first-order valence-electron chi connectivity index (χ1n) is 9.24. The van der Waals surface area contributed by atoms with Crippen molar-refractivity contribution in [3.8, 4) is 11.4 Å². The number of nitrogens with one attached hydrogen (secondary N) is 1. The van der Waals surface area contributed by atoms with Gasteiger partial charge in [-0.15, -0.1) is 5.10 Å². The molecule has 1 saturated heterocycles. The number of rotatable bonds is 5. The Bertz CT molecular complexity index is 1030. The van der Waals surface area contributed by atoms with Crippen LogP contribution in [0.5, 0.6) is 0 Å². The van der Waals surface area contributed by atoms with Crippen LogP contribution >= 0.6 is 0 Å². The lowest BCUT2D eigenvalue weighted by Gasteiger charge is -2.28. The van der Waals surface area contributed by atoms with E-state index in [1.54, 1.807) is 19.1 Å². The molecule has 29 heavy (non-hydrogen) atoms. The predicted octanol–water partition coefficient (Wildman–Crippen LogP) is 2.61. The molecule has 3 aromatic heterocycles. The molecule has 154 valence electrons. The maximum atomic E-state index is 14.4. The number of aliphatic hydroxyl groups is 1. The highest BCUT2D eigenvalue weighted by Gasteiger charge is 2.25. The van der Waals surface area contributed by atoms with Gasteiger partial charge in [0.1, 0.15) is 5.52 Å². The molecule has 2 atom stereocenters. The lowest BCUT2D eigenvalue weighted by molar-refractivity contribution is -0.0136. The lowest BCUT2D eigenvalue weighted by atomic mass is 10.1. The van der Waals surface area contributed by atoms with Gasteiger partial charge in [0, 0.05) is 24.8 Å². The van der Waals surface area contributed by atoms with E-state index < -0.39 is 18.3 Å². The number of fused-ring (bicyclic) bond motifs is 1. The van der Waals surface area contributed by atoms with Crippen LogP contribution < -0.4 is 5.32 Å². The van der Waals surface area contributed by atoms with E-state index >= 15 is 0 Å². The summed E-state index contributed by atoms with van der Waals surface area (Å²) >= 11 is 0. The van der Waals surface area contributed by atoms with Crippen molar-refractivity contribution < 1.29 is 23.0 Å². The fourth-order valence-electron chi connectivity index (χ4n) is 3.37. The van der Waals surface area contributed by atoms with Gasteiger partial charge >= 0.3 is 0 Å². The second-order valence-corrected chi connectivity index (χ2v) is 6.97. The summed E-state index contributed by atoms with van der Waals surface area (Å²) in [5.74, 6) is -0.292. The molecule has 10 heteroatoms. The van der Waals surface area contributed by atoms with Crippen LogP contribution in [0.3, 0.4) is 0 Å². The molecule has 0 saturated carbocycles. The molecule has 0 unspecified atom stereocenters. The number of aromatic nitrogens is 4. The van der Waals surface area contributed by atoms with Gasteiger partial charge in [-0.3, -0.25) is 4.98 Å². The SMILES string of the molecule is Cc1nc(-c2cc(F)c3cnc(N[C@@H]4CCOC[C@H]4O)nn23)ccc1CC(F)F. The number of aryl methyl sites for hydroxylation is 1. The standard InChI is InChI=1S/C19H20F3N5O2/c1-10-11(6-18(21)22)2-3-13(24-10)15-7-12(20)16-8-23-19(26-27(15)16)25-14-4-5-29-9-17(14)28/h2-3,7-8,14,17-18,28H,4-6,9H2,1H3,(H,25,26)/t14-,17-/m1/s1. The van der Waals surface area contributed by atoms with Gasteiger partial charge in [-0.1, -0.05) is 6.07 Å². The normalized spacial score (nSPS) is 19.8. The van der Waals surface area contributed by atoms with Crippen LogP contribution in [0.15, 0.2) is 24.4 Å². The van der Waals surface area contributed by atoms with E-state index in [4.69, 9.17) is 4.74 Å². The van der Waals surface area contributed by atoms with E-state index in [9.17, 15) is 18.3 Å². The largest absolute Gasteiger partial charge is 0.389 e. The number of hydrogen-bond acceptors (Lipinski definition) is 6. The van der Waals surface area contributed by atoms with Crippen LogP contribution in [0.2, 0.25) is 0 Å². The number of pyridine rings is 1. The van der Waals surface area contributed by atoms with Crippen LogP contribution in [-0.4, -0.2) is 56.5 Å². The summed E-state index contributed by atoms with van der Waals surface area (Å²) in [5.41, 5.74) is 1.85. The van der Waals surface area contributed by atoms with Gasteiger partial charge in [0.25, 0.3) is 0 Å². The van der Waals surface area contributed by atoms with E-state index in [0.29, 0.717) is 35.7 Å². The first-order chi connectivity index (χ1) is 13.9. The summed E-state index contributed by atoms with van der Waals surface area (Å²) in [7, 11) is 0. The monoisotopic (exact) mass is 407 g/mol. The first-order valence-corrected chi connectivity index (χ1v) is 9.24. The minimum Gasteiger partial charge on any atom is -0.389 e. The number of hydrogen-bond donors (Lipinski definition) is 2. The predicted molar refractivity (Wildman–Crippen MR) is 99.5 cm³/mol. The Kier molecular flexibility index (Phi) is 5.37. The minimum absolute atomic E-state index is 0.161. The Morgan fingerprint density at radius 1 is 1.38 bits per heavy atom. The molecule has 1 aliphatic rings. The van der Waals surface area contributed by atoms with E-state index in [0.717, 1.165) is 0 Å². The molecule has 2 N–H and O–H groups in total. The van der Waals surface area contributed by atoms with Crippen molar-refractivity contribution in [2.24, 2.45) is 0 Å². The highest BCUT2D eigenvalue weighted by atomic mass is 19.3. The van der Waals surface area contributed by atoms with E-state index in [1.807, 2.05) is 0 Å². The Morgan fingerprint density at radius 3 is 2.93 bits per heavy atom. The van der Waals surface area contributed by atoms with Crippen molar-refractivity contribution in [3.05, 3.63) is 41.5 Å². The smallest absolute Gasteiger partial charge is 0.242 e. The summed E-state index contributed by atoms with van der Waals surface area (Å²) in [6.07, 6.45) is -1.61. The van der Waals surface area contributed by atoms with E-state index in [-0.39, 0.29) is 30.5 Å². The third-order valence-electron chi connectivity index (χ3n) is 4.94. The molecule has 0 aliphatic carbocycles. The second-order valence-electron chi connectivity index (χ2n) is 6.97. The van der Waals surface area contributed by atoms with Gasteiger partial charge < -0.3 is 15.2 Å². The molecule has 3 aromatic rings. The van der Waals surface area contributed by atoms with Crippen LogP contribution in [0.1, 0.15) is 17.7 Å². The van der Waals surface area contributed by atoms with E-state index in [1.165, 1.54) is 16.8 Å². The maximum absolute atomic E-state index is 14.4. The van der Waals surface area contributed by atoms with Crippen molar-refractivity contribution in [3.63, 3.8) is 0 Å². The molecule has 0 amide bonds. The third-order valence-corrected chi connectivity index (χ3v) is 4.94. The number of alkyl halides is 2. The number of anilines is 1. The zero-order valence-electron chi connectivity index (χ0n) is 15.6. The molecular weight excluding hydrogens is 387 g/mol. The van der Waals surface area contributed by atoms with Crippen molar-refractivity contribution in [1.29, 1.82) is 0 Å². The fraction of sp³-hybridized carbons (Fsp3) is 0.421. The fourth-order valence-corrected chi connectivity index (χ4v) is 3.37. The maximum Gasteiger partial charge on any atom is 0.242 e. The number of nitrogens with zero attached hydrogens (tertiary/aromatic N) is 4. The van der Waals surface area contributed by atoms with Gasteiger partial charge in [0.2, 0.25) is 12.4 Å². The Morgan fingerprint density at radius 2 is 2.21 bits per heavy atom. The average molecular weight is 407 g/mol. The Balaban J connectivity index is 1.68. The molecule has 4 heterocycles. The highest BCUT2D eigenvalue weighted by Crippen LogP contribution is 2.25. The van der Waals surface area contributed by atoms with Gasteiger partial charge in [-0.05, 0) is 25.0 Å². The van der Waals surface area contributed by atoms with Crippen molar-refractivity contribution in [2.45, 2.75) is 38.3 Å². The zero-order chi connectivity index (χ0) is 20.5. The molecule has 0 spiro atoms. The summed E-state index contributed by atoms with van der Waals surface area (Å²) in [6.45, 7) is 2.37. The summed E-state index contributed by atoms with van der Waals surface area (Å²) in [6, 6.07) is 4.15. The third kappa shape index (κ3) is 4.03. The Hall–Kier alpha value is -2.72. The lowest BCUT2D eigenvalue weighted by Crippen LogP contribution is -2.42. The first kappa shape index (κ1) is 19.6. The average Bonchev–Trinajstić information content (AvgIpc) is 3.01. The van der Waals surface area contributed by atoms with Gasteiger partial charge in [-0.25, -0.2) is 22.7 Å². The summed E-state index contributed by atoms with van der Waals surface area (Å²) < 4.78 is 46.3. The van der Waals surface area contributed by atoms with Crippen molar-refractivity contribution in [2.75, 3.05) is 18.5 Å². The van der Waals surface area contributed by atoms with Gasteiger partial charge in [0.15, 0.2) is 5.82 Å². The molecule has 4 rings (SSSR count). The molecule has 0 bridgehead atoms. The topological polar surface area (TPSA) is 84.6 Å². The summed E-state index contributed by atoms with van der Waals surface area (Å²) in [5, 5.41) is 17.4. The van der Waals surface area contributed by atoms with Crippen molar-refractivity contribution in [1.82, 2.24) is 19.6 Å². The highest BCUT2D eigenvalue weighted by molar-refractivity contribution is 5.65. The molecule has 1 fully saturated rings. The van der Waals surface area contributed by atoms with E-state index in [2.05, 4.69) is 20.4 Å². The summed E-state index contributed by atoms with van der Waals surface area (Å²) in [4.78, 5) is 8.49. The number of aliphatic hydroxyl groups excluding tert-OH is 1. The quantitative estimate of drug-likeness (QED) is 0.677. The number of ether oxygens (including phenoxy) is 1. The number of halogens is 3. The van der Waals surface area contributed by atoms with Crippen LogP contribution in [0.25, 0.3) is 16.9 Å². The molecule has 0 aromatic carbocycles. The molecular formula is C19H20F3N5O2. The molecule has 1 aliphatic heterocycles. The molecule has 7 nitrogen and oxygen atoms in total. The minimum atomic E-state index is -2.46. The molecule has 0 radical (unpaired) electrons. The van der Waals surface area contributed by atoms with Crippen LogP contribution in [-0.2, 0) is 11.2 Å². The van der Waals surface area contributed by atoms with Crippen LogP contribution in [0, 0.1) is 12.7 Å². The second kappa shape index (κ2) is 7.96. The zero-order valence-corrected chi connectivity index (χ0v) is 15.6.